The number of methoxy groups -OCH3 is 1. The summed E-state index contributed by atoms with van der Waals surface area (Å²) in [5.41, 5.74) is 5.94. The highest BCUT2D eigenvalue weighted by Gasteiger charge is 2.24. The standard InChI is InChI=1S/C31H36ClN5O2/c1-19-8-10-36(15-19)17-21-12-24(13-22(31(21)38)18-37-11-9-20(2)16-37)33-29-25-5-4-23(32)14-27(25)34-26-6-7-28(39-3)35-30(26)29/h4-7,12-14,19-20,38H,8-11,15-18H2,1-3H3,(H,33,34). The zero-order valence-electron chi connectivity index (χ0n) is 22.9. The lowest BCUT2D eigenvalue weighted by Gasteiger charge is -2.22. The van der Waals surface area contributed by atoms with E-state index in [-0.39, 0.29) is 0 Å². The highest BCUT2D eigenvalue weighted by molar-refractivity contribution is 6.31. The molecule has 2 unspecified atom stereocenters. The van der Waals surface area contributed by atoms with Crippen molar-refractivity contribution in [2.24, 2.45) is 11.8 Å². The van der Waals surface area contributed by atoms with Gasteiger partial charge in [0.1, 0.15) is 11.3 Å². The Morgan fingerprint density at radius 3 is 2.18 bits per heavy atom. The third kappa shape index (κ3) is 5.49. The third-order valence-electron chi connectivity index (χ3n) is 8.11. The van der Waals surface area contributed by atoms with Crippen LogP contribution in [0.25, 0.3) is 21.9 Å². The van der Waals surface area contributed by atoms with Crippen LogP contribution in [0.3, 0.4) is 0 Å². The van der Waals surface area contributed by atoms with Crippen LogP contribution < -0.4 is 10.1 Å². The Balaban J connectivity index is 1.45. The first kappa shape index (κ1) is 26.1. The molecule has 2 fully saturated rings. The van der Waals surface area contributed by atoms with E-state index >= 15 is 0 Å². The van der Waals surface area contributed by atoms with Crippen LogP contribution in [0.5, 0.6) is 11.6 Å². The molecule has 0 amide bonds. The van der Waals surface area contributed by atoms with Crippen LogP contribution in [-0.4, -0.2) is 58.2 Å². The smallest absolute Gasteiger partial charge is 0.213 e. The number of phenolic OH excluding ortho intramolecular Hbond substituents is 1. The van der Waals surface area contributed by atoms with E-state index in [9.17, 15) is 5.11 Å². The predicted molar refractivity (Wildman–Crippen MR) is 158 cm³/mol. The maximum Gasteiger partial charge on any atom is 0.213 e. The molecule has 0 spiro atoms. The van der Waals surface area contributed by atoms with Crippen molar-refractivity contribution in [2.45, 2.75) is 39.8 Å². The van der Waals surface area contributed by atoms with Crippen molar-refractivity contribution in [3.8, 4) is 11.6 Å². The molecule has 2 N–H and O–H groups in total. The number of nitrogens with zero attached hydrogens (tertiary/aromatic N) is 4. The molecule has 39 heavy (non-hydrogen) atoms. The topological polar surface area (TPSA) is 73.8 Å². The maximum absolute atomic E-state index is 11.4. The van der Waals surface area contributed by atoms with E-state index in [0.29, 0.717) is 28.5 Å². The highest BCUT2D eigenvalue weighted by Crippen LogP contribution is 2.37. The van der Waals surface area contributed by atoms with Crippen LogP contribution in [0.2, 0.25) is 5.02 Å². The third-order valence-corrected chi connectivity index (χ3v) is 8.34. The number of pyridine rings is 2. The van der Waals surface area contributed by atoms with Crippen LogP contribution in [-0.2, 0) is 13.1 Å². The number of fused-ring (bicyclic) bond motifs is 2. The van der Waals surface area contributed by atoms with Gasteiger partial charge in [-0.3, -0.25) is 9.80 Å². The summed E-state index contributed by atoms with van der Waals surface area (Å²) < 4.78 is 5.45. The number of halogens is 1. The van der Waals surface area contributed by atoms with Gasteiger partial charge in [0.05, 0.1) is 23.8 Å². The van der Waals surface area contributed by atoms with Crippen LogP contribution >= 0.6 is 11.6 Å². The fourth-order valence-corrected chi connectivity index (χ4v) is 6.22. The zero-order valence-corrected chi connectivity index (χ0v) is 23.6. The second-order valence-electron chi connectivity index (χ2n) is 11.4. The summed E-state index contributed by atoms with van der Waals surface area (Å²) in [6.07, 6.45) is 2.39. The number of aromatic hydroxyl groups is 1. The number of hydrogen-bond donors (Lipinski definition) is 2. The number of hydrogen-bond acceptors (Lipinski definition) is 7. The second-order valence-corrected chi connectivity index (χ2v) is 11.8. The normalized spacial score (nSPS) is 20.3. The van der Waals surface area contributed by atoms with Crippen molar-refractivity contribution in [1.29, 1.82) is 0 Å². The lowest BCUT2D eigenvalue weighted by Crippen LogP contribution is -2.22. The number of aromatic nitrogens is 2. The van der Waals surface area contributed by atoms with E-state index in [1.54, 1.807) is 7.11 Å². The van der Waals surface area contributed by atoms with Gasteiger partial charge in [0, 0.05) is 59.5 Å². The average Bonchev–Trinajstić information content (AvgIpc) is 3.52. The molecule has 2 aliphatic rings. The van der Waals surface area contributed by atoms with Gasteiger partial charge in [0.2, 0.25) is 5.88 Å². The quantitative estimate of drug-likeness (QED) is 0.201. The largest absolute Gasteiger partial charge is 0.507 e. The van der Waals surface area contributed by atoms with E-state index in [0.717, 1.165) is 83.7 Å². The maximum atomic E-state index is 11.4. The molecule has 2 atom stereocenters. The van der Waals surface area contributed by atoms with E-state index in [1.165, 1.54) is 12.8 Å². The number of phenols is 1. The molecular weight excluding hydrogens is 510 g/mol. The van der Waals surface area contributed by atoms with Gasteiger partial charge in [-0.05, 0) is 74.2 Å². The molecule has 0 saturated carbocycles. The Morgan fingerprint density at radius 2 is 1.59 bits per heavy atom. The minimum atomic E-state index is 0.413. The molecular formula is C31H36ClN5O2. The molecule has 4 aromatic rings. The van der Waals surface area contributed by atoms with Crippen LogP contribution in [0, 0.1) is 11.8 Å². The van der Waals surface area contributed by atoms with Gasteiger partial charge in [-0.2, -0.15) is 0 Å². The summed E-state index contributed by atoms with van der Waals surface area (Å²) in [6, 6.07) is 13.6. The summed E-state index contributed by atoms with van der Waals surface area (Å²) in [5.74, 6) is 2.30. The summed E-state index contributed by atoms with van der Waals surface area (Å²) in [4.78, 5) is 14.5. The fraction of sp³-hybridized carbons (Fsp3) is 0.419. The summed E-state index contributed by atoms with van der Waals surface area (Å²) in [5, 5.41) is 16.7. The van der Waals surface area contributed by atoms with Gasteiger partial charge >= 0.3 is 0 Å². The minimum Gasteiger partial charge on any atom is -0.507 e. The monoisotopic (exact) mass is 545 g/mol. The van der Waals surface area contributed by atoms with Gasteiger partial charge in [0.25, 0.3) is 0 Å². The molecule has 2 aromatic carbocycles. The molecule has 2 aliphatic heterocycles. The number of rotatable bonds is 7. The molecule has 7 nitrogen and oxygen atoms in total. The van der Waals surface area contributed by atoms with Crippen LogP contribution in [0.15, 0.2) is 42.5 Å². The van der Waals surface area contributed by atoms with E-state index in [1.807, 2.05) is 30.3 Å². The average molecular weight is 546 g/mol. The Kier molecular flexibility index (Phi) is 7.23. The molecule has 0 bridgehead atoms. The Labute approximate surface area is 234 Å². The molecule has 2 saturated heterocycles. The van der Waals surface area contributed by atoms with E-state index in [4.69, 9.17) is 26.3 Å². The number of ether oxygens (including phenoxy) is 1. The first-order chi connectivity index (χ1) is 18.9. The Morgan fingerprint density at radius 1 is 0.923 bits per heavy atom. The first-order valence-electron chi connectivity index (χ1n) is 13.9. The predicted octanol–water partition coefficient (Wildman–Crippen LogP) is 6.58. The number of likely N-dealkylation sites (tertiary alicyclic amines) is 2. The molecule has 2 aromatic heterocycles. The van der Waals surface area contributed by atoms with Crippen LogP contribution in [0.4, 0.5) is 11.4 Å². The highest BCUT2D eigenvalue weighted by atomic mass is 35.5. The van der Waals surface area contributed by atoms with E-state index < -0.39 is 0 Å². The summed E-state index contributed by atoms with van der Waals surface area (Å²) >= 11 is 6.34. The van der Waals surface area contributed by atoms with Gasteiger partial charge in [0.15, 0.2) is 0 Å². The molecule has 204 valence electrons. The Bertz CT molecular complexity index is 1480. The van der Waals surface area contributed by atoms with Gasteiger partial charge in [-0.1, -0.05) is 25.4 Å². The molecule has 0 aliphatic carbocycles. The lowest BCUT2D eigenvalue weighted by molar-refractivity contribution is 0.303. The molecule has 0 radical (unpaired) electrons. The van der Waals surface area contributed by atoms with Crippen LogP contribution in [0.1, 0.15) is 37.8 Å². The zero-order chi connectivity index (χ0) is 27.1. The molecule has 8 heteroatoms. The Hall–Kier alpha value is -3.13. The van der Waals surface area contributed by atoms with Crippen molar-refractivity contribution in [3.63, 3.8) is 0 Å². The molecule has 6 rings (SSSR count). The summed E-state index contributed by atoms with van der Waals surface area (Å²) in [7, 11) is 1.62. The summed E-state index contributed by atoms with van der Waals surface area (Å²) in [6.45, 7) is 10.3. The first-order valence-corrected chi connectivity index (χ1v) is 14.2. The van der Waals surface area contributed by atoms with Crippen molar-refractivity contribution in [2.75, 3.05) is 38.6 Å². The number of nitrogens with one attached hydrogen (secondary N) is 1. The fourth-order valence-electron chi connectivity index (χ4n) is 6.05. The minimum absolute atomic E-state index is 0.413. The van der Waals surface area contributed by atoms with Gasteiger partial charge < -0.3 is 15.2 Å². The van der Waals surface area contributed by atoms with Crippen molar-refractivity contribution in [3.05, 3.63) is 58.6 Å². The van der Waals surface area contributed by atoms with Crippen molar-refractivity contribution in [1.82, 2.24) is 19.8 Å². The van der Waals surface area contributed by atoms with Crippen molar-refractivity contribution < 1.29 is 9.84 Å². The lowest BCUT2D eigenvalue weighted by atomic mass is 10.0. The SMILES string of the molecule is COc1ccc2nc3cc(Cl)ccc3c(Nc3cc(CN4CCC(C)C4)c(O)c(CN4CCC(C)C4)c3)c2n1. The van der Waals surface area contributed by atoms with Gasteiger partial charge in [-0.15, -0.1) is 0 Å². The van der Waals surface area contributed by atoms with Crippen molar-refractivity contribution >= 4 is 44.9 Å². The van der Waals surface area contributed by atoms with Gasteiger partial charge in [-0.25, -0.2) is 9.97 Å². The van der Waals surface area contributed by atoms with E-state index in [2.05, 4.69) is 41.1 Å². The number of anilines is 2. The molecule has 4 heterocycles. The number of benzene rings is 2. The second kappa shape index (κ2) is 10.8.